The molecule has 0 saturated heterocycles. The molecule has 2 heteroatoms. The molecule has 1 aromatic rings. The zero-order chi connectivity index (χ0) is 10.1. The predicted molar refractivity (Wildman–Crippen MR) is 61.5 cm³/mol. The molecule has 1 atom stereocenters. The fourth-order valence-corrected chi connectivity index (χ4v) is 1.79. The number of fused-ring (bicyclic) bond motifs is 1. The highest BCUT2D eigenvalue weighted by Crippen LogP contribution is 2.31. The van der Waals surface area contributed by atoms with Crippen LogP contribution in [-0.4, -0.2) is 6.04 Å². The summed E-state index contributed by atoms with van der Waals surface area (Å²) in [6, 6.07) is 8.54. The van der Waals surface area contributed by atoms with E-state index in [1.165, 1.54) is 5.69 Å². The van der Waals surface area contributed by atoms with Crippen molar-refractivity contribution in [3.8, 4) is 0 Å². The molecular weight excluding hydrogens is 172 g/mol. The third-order valence-electron chi connectivity index (χ3n) is 2.58. The van der Waals surface area contributed by atoms with Crippen LogP contribution in [0.1, 0.15) is 13.8 Å². The second-order valence-corrected chi connectivity index (χ2v) is 4.06. The Morgan fingerprint density at radius 3 is 2.50 bits per heavy atom. The molecule has 0 bridgehead atoms. The Kier molecular flexibility index (Phi) is 2.20. The van der Waals surface area contributed by atoms with Crippen molar-refractivity contribution in [2.45, 2.75) is 19.9 Å². The summed E-state index contributed by atoms with van der Waals surface area (Å²) in [5.74, 6) is 0.545. The van der Waals surface area contributed by atoms with Gasteiger partial charge in [-0.05, 0) is 18.1 Å². The molecule has 1 unspecified atom stereocenters. The van der Waals surface area contributed by atoms with Crippen LogP contribution < -0.4 is 10.6 Å². The van der Waals surface area contributed by atoms with Crippen molar-refractivity contribution >= 4 is 11.4 Å². The minimum absolute atomic E-state index is 0.324. The molecule has 0 spiro atoms. The zero-order valence-electron chi connectivity index (χ0n) is 8.67. The van der Waals surface area contributed by atoms with Crippen molar-refractivity contribution in [1.82, 2.24) is 0 Å². The van der Waals surface area contributed by atoms with Crippen molar-refractivity contribution in [2.75, 3.05) is 10.6 Å². The molecule has 14 heavy (non-hydrogen) atoms. The standard InChI is InChI=1S/C12H16N2/c1-8(2)12-9(3)13-10-6-4-5-7-11(10)14-12/h4-8,12-14H,3H2,1-2H3. The van der Waals surface area contributed by atoms with Crippen LogP contribution in [-0.2, 0) is 0 Å². The van der Waals surface area contributed by atoms with Crippen LogP contribution in [0.15, 0.2) is 36.5 Å². The number of anilines is 2. The first-order valence-electron chi connectivity index (χ1n) is 5.00. The maximum atomic E-state index is 4.04. The number of nitrogens with one attached hydrogen (secondary N) is 2. The van der Waals surface area contributed by atoms with Crippen LogP contribution in [0, 0.1) is 5.92 Å². The van der Waals surface area contributed by atoms with Gasteiger partial charge < -0.3 is 10.6 Å². The van der Waals surface area contributed by atoms with Crippen LogP contribution in [0.3, 0.4) is 0 Å². The molecule has 1 aliphatic heterocycles. The number of para-hydroxylation sites is 2. The lowest BCUT2D eigenvalue weighted by atomic mass is 9.98. The van der Waals surface area contributed by atoms with Gasteiger partial charge in [0.05, 0.1) is 17.4 Å². The van der Waals surface area contributed by atoms with E-state index in [0.717, 1.165) is 11.4 Å². The van der Waals surface area contributed by atoms with E-state index < -0.39 is 0 Å². The fraction of sp³-hybridized carbons (Fsp3) is 0.333. The smallest absolute Gasteiger partial charge is 0.0680 e. The minimum atomic E-state index is 0.324. The number of hydrogen-bond acceptors (Lipinski definition) is 2. The molecule has 74 valence electrons. The third kappa shape index (κ3) is 1.48. The Hall–Kier alpha value is -1.44. The van der Waals surface area contributed by atoms with E-state index in [1.807, 2.05) is 12.1 Å². The van der Waals surface area contributed by atoms with Crippen molar-refractivity contribution in [3.63, 3.8) is 0 Å². The lowest BCUT2D eigenvalue weighted by molar-refractivity contribution is 0.577. The van der Waals surface area contributed by atoms with Crippen molar-refractivity contribution in [1.29, 1.82) is 0 Å². The van der Waals surface area contributed by atoms with E-state index >= 15 is 0 Å². The lowest BCUT2D eigenvalue weighted by Crippen LogP contribution is -2.34. The average molecular weight is 188 g/mol. The van der Waals surface area contributed by atoms with Gasteiger partial charge in [0.15, 0.2) is 0 Å². The molecule has 0 amide bonds. The van der Waals surface area contributed by atoms with Crippen LogP contribution >= 0.6 is 0 Å². The molecule has 1 heterocycles. The quantitative estimate of drug-likeness (QED) is 0.707. The van der Waals surface area contributed by atoms with E-state index in [-0.39, 0.29) is 0 Å². The molecule has 0 saturated carbocycles. The highest BCUT2D eigenvalue weighted by molar-refractivity contribution is 5.74. The topological polar surface area (TPSA) is 24.1 Å². The highest BCUT2D eigenvalue weighted by Gasteiger charge is 2.22. The maximum Gasteiger partial charge on any atom is 0.0680 e. The maximum absolute atomic E-state index is 4.04. The van der Waals surface area contributed by atoms with Gasteiger partial charge >= 0.3 is 0 Å². The van der Waals surface area contributed by atoms with E-state index in [0.29, 0.717) is 12.0 Å². The second-order valence-electron chi connectivity index (χ2n) is 4.06. The molecule has 2 rings (SSSR count). The number of hydrogen-bond donors (Lipinski definition) is 2. The van der Waals surface area contributed by atoms with Gasteiger partial charge in [-0.3, -0.25) is 0 Å². The first-order chi connectivity index (χ1) is 6.68. The van der Waals surface area contributed by atoms with Crippen molar-refractivity contribution in [3.05, 3.63) is 36.5 Å². The molecule has 1 aliphatic rings. The van der Waals surface area contributed by atoms with Gasteiger partial charge in [-0.25, -0.2) is 0 Å². The molecule has 0 fully saturated rings. The Labute approximate surface area is 85.0 Å². The molecule has 2 nitrogen and oxygen atoms in total. The predicted octanol–water partition coefficient (Wildman–Crippen LogP) is 3.06. The molecule has 2 N–H and O–H groups in total. The molecule has 0 aromatic heterocycles. The van der Waals surface area contributed by atoms with Crippen LogP contribution in [0.4, 0.5) is 11.4 Å². The monoisotopic (exact) mass is 188 g/mol. The van der Waals surface area contributed by atoms with Crippen LogP contribution in [0.5, 0.6) is 0 Å². The van der Waals surface area contributed by atoms with Gasteiger partial charge in [0, 0.05) is 5.70 Å². The number of benzene rings is 1. The summed E-state index contributed by atoms with van der Waals surface area (Å²) in [5, 5.41) is 6.82. The summed E-state index contributed by atoms with van der Waals surface area (Å²) < 4.78 is 0. The van der Waals surface area contributed by atoms with E-state index in [9.17, 15) is 0 Å². The molecule has 0 aliphatic carbocycles. The Morgan fingerprint density at radius 2 is 1.86 bits per heavy atom. The Bertz CT molecular complexity index is 355. The largest absolute Gasteiger partial charge is 0.375 e. The molecular formula is C12H16N2. The zero-order valence-corrected chi connectivity index (χ0v) is 8.67. The molecule has 0 radical (unpaired) electrons. The van der Waals surface area contributed by atoms with Crippen molar-refractivity contribution in [2.24, 2.45) is 5.92 Å². The Balaban J connectivity index is 2.31. The van der Waals surface area contributed by atoms with Crippen LogP contribution in [0.2, 0.25) is 0 Å². The normalized spacial score (nSPS) is 19.9. The van der Waals surface area contributed by atoms with Gasteiger partial charge in [-0.15, -0.1) is 0 Å². The third-order valence-corrected chi connectivity index (χ3v) is 2.58. The first kappa shape index (κ1) is 9.13. The van der Waals surface area contributed by atoms with Gasteiger partial charge in [0.25, 0.3) is 0 Å². The summed E-state index contributed by atoms with van der Waals surface area (Å²) in [4.78, 5) is 0. The summed E-state index contributed by atoms with van der Waals surface area (Å²) in [6.07, 6.45) is 0. The SMILES string of the molecule is C=C1Nc2ccccc2NC1C(C)C. The number of rotatable bonds is 1. The summed E-state index contributed by atoms with van der Waals surface area (Å²) >= 11 is 0. The van der Waals surface area contributed by atoms with Crippen molar-refractivity contribution < 1.29 is 0 Å². The minimum Gasteiger partial charge on any atom is -0.375 e. The highest BCUT2D eigenvalue weighted by atomic mass is 15.1. The van der Waals surface area contributed by atoms with Gasteiger partial charge in [0.2, 0.25) is 0 Å². The Morgan fingerprint density at radius 1 is 1.21 bits per heavy atom. The summed E-state index contributed by atoms with van der Waals surface area (Å²) in [6.45, 7) is 8.43. The van der Waals surface area contributed by atoms with E-state index in [4.69, 9.17) is 0 Å². The van der Waals surface area contributed by atoms with E-state index in [1.54, 1.807) is 0 Å². The average Bonchev–Trinajstić information content (AvgIpc) is 2.16. The second kappa shape index (κ2) is 3.37. The summed E-state index contributed by atoms with van der Waals surface area (Å²) in [7, 11) is 0. The lowest BCUT2D eigenvalue weighted by Gasteiger charge is -2.32. The summed E-state index contributed by atoms with van der Waals surface area (Å²) in [5.41, 5.74) is 3.34. The molecule has 1 aromatic carbocycles. The van der Waals surface area contributed by atoms with Gasteiger partial charge in [-0.2, -0.15) is 0 Å². The van der Waals surface area contributed by atoms with Gasteiger partial charge in [-0.1, -0.05) is 32.6 Å². The van der Waals surface area contributed by atoms with E-state index in [2.05, 4.69) is 43.2 Å². The fourth-order valence-electron chi connectivity index (χ4n) is 1.79. The van der Waals surface area contributed by atoms with Gasteiger partial charge in [0.1, 0.15) is 0 Å². The first-order valence-corrected chi connectivity index (χ1v) is 5.00. The van der Waals surface area contributed by atoms with Crippen LogP contribution in [0.25, 0.3) is 0 Å².